The second-order valence-corrected chi connectivity index (χ2v) is 11.3. The van der Waals surface area contributed by atoms with E-state index >= 15 is 0 Å². The molecule has 0 aliphatic carbocycles. The fraction of sp³-hybridized carbons (Fsp3) is 0.562. The molecule has 9 heteroatoms. The highest BCUT2D eigenvalue weighted by Gasteiger charge is 2.48. The molecular weight excluding hydrogens is 522 g/mol. The molecule has 41 heavy (non-hydrogen) atoms. The highest BCUT2D eigenvalue weighted by molar-refractivity contribution is 5.79. The van der Waals surface area contributed by atoms with E-state index in [-0.39, 0.29) is 25.0 Å². The molecule has 9 nitrogen and oxygen atoms in total. The number of ether oxygens (including phenoxy) is 3. The van der Waals surface area contributed by atoms with Gasteiger partial charge < -0.3 is 29.1 Å². The van der Waals surface area contributed by atoms with Crippen molar-refractivity contribution < 1.29 is 28.9 Å². The highest BCUT2D eigenvalue weighted by atomic mass is 16.5. The molecule has 1 amide bonds. The van der Waals surface area contributed by atoms with Gasteiger partial charge >= 0.3 is 5.97 Å². The summed E-state index contributed by atoms with van der Waals surface area (Å²) < 4.78 is 17.3. The lowest BCUT2D eigenvalue weighted by atomic mass is 9.84. The third-order valence-corrected chi connectivity index (χ3v) is 8.16. The predicted molar refractivity (Wildman–Crippen MR) is 158 cm³/mol. The second-order valence-electron chi connectivity index (χ2n) is 11.3. The summed E-state index contributed by atoms with van der Waals surface area (Å²) in [6, 6.07) is 12.9. The van der Waals surface area contributed by atoms with Crippen LogP contribution >= 0.6 is 0 Å². The Kier molecular flexibility index (Phi) is 10.9. The number of methoxy groups -OCH3 is 1. The van der Waals surface area contributed by atoms with Gasteiger partial charge in [0.1, 0.15) is 12.4 Å². The van der Waals surface area contributed by atoms with Gasteiger partial charge in [-0.15, -0.1) is 0 Å². The zero-order valence-corrected chi connectivity index (χ0v) is 24.9. The highest BCUT2D eigenvalue weighted by Crippen LogP contribution is 2.40. The molecule has 1 unspecified atom stereocenters. The number of unbranched alkanes of at least 4 members (excludes halogenated alkanes) is 1. The minimum atomic E-state index is -0.885. The fourth-order valence-electron chi connectivity index (χ4n) is 5.95. The Bertz CT molecular complexity index is 1170. The van der Waals surface area contributed by atoms with Crippen LogP contribution in [0.1, 0.15) is 43.2 Å². The summed E-state index contributed by atoms with van der Waals surface area (Å²) in [6.07, 6.45) is 3.64. The number of likely N-dealkylation sites (tertiary alicyclic amines) is 1. The second kappa shape index (κ2) is 14.5. The van der Waals surface area contributed by atoms with Gasteiger partial charge in [-0.05, 0) is 62.8 Å². The Balaban J connectivity index is 1.59. The number of hydrogen-bond donors (Lipinski definition) is 1. The zero-order valence-electron chi connectivity index (χ0n) is 24.9. The molecule has 0 bridgehead atoms. The molecule has 3 atom stereocenters. The van der Waals surface area contributed by atoms with Crippen LogP contribution in [0.15, 0.2) is 42.5 Å². The number of fused-ring (bicyclic) bond motifs is 1. The van der Waals surface area contributed by atoms with E-state index in [2.05, 4.69) is 17.9 Å². The average molecular weight is 568 g/mol. The van der Waals surface area contributed by atoms with Gasteiger partial charge in [0.15, 0.2) is 11.5 Å². The minimum absolute atomic E-state index is 0.0339. The van der Waals surface area contributed by atoms with Crippen molar-refractivity contribution in [2.24, 2.45) is 5.92 Å². The first-order valence-electron chi connectivity index (χ1n) is 14.7. The quantitative estimate of drug-likeness (QED) is 0.348. The number of hydrogen-bond acceptors (Lipinski definition) is 7. The van der Waals surface area contributed by atoms with E-state index in [9.17, 15) is 14.7 Å². The van der Waals surface area contributed by atoms with Crippen molar-refractivity contribution in [1.29, 1.82) is 0 Å². The van der Waals surface area contributed by atoms with Crippen molar-refractivity contribution >= 4 is 11.9 Å². The Morgan fingerprint density at radius 3 is 2.54 bits per heavy atom. The summed E-state index contributed by atoms with van der Waals surface area (Å²) in [5.41, 5.74) is 2.07. The molecule has 2 heterocycles. The molecule has 2 aromatic rings. The molecule has 1 N–H and O–H groups in total. The van der Waals surface area contributed by atoms with Crippen LogP contribution in [0.5, 0.6) is 17.2 Å². The van der Waals surface area contributed by atoms with Gasteiger partial charge in [0.2, 0.25) is 5.91 Å². The van der Waals surface area contributed by atoms with E-state index < -0.39 is 17.9 Å². The molecular formula is C32H45N3O6. The largest absolute Gasteiger partial charge is 0.493 e. The molecule has 0 saturated carbocycles. The van der Waals surface area contributed by atoms with Gasteiger partial charge in [-0.3, -0.25) is 14.5 Å². The Labute approximate surface area is 244 Å². The van der Waals surface area contributed by atoms with Crippen molar-refractivity contribution in [2.45, 2.75) is 44.6 Å². The first kappa shape index (κ1) is 30.7. The Hall–Kier alpha value is -3.30. The minimum Gasteiger partial charge on any atom is -0.493 e. The van der Waals surface area contributed by atoms with Crippen molar-refractivity contribution in [1.82, 2.24) is 14.7 Å². The summed E-state index contributed by atoms with van der Waals surface area (Å²) in [5, 5.41) is 10.5. The van der Waals surface area contributed by atoms with Crippen molar-refractivity contribution in [3.05, 3.63) is 53.6 Å². The lowest BCUT2D eigenvalue weighted by Crippen LogP contribution is -2.47. The van der Waals surface area contributed by atoms with Crippen LogP contribution in [0.4, 0.5) is 0 Å². The van der Waals surface area contributed by atoms with Crippen LogP contribution in [0.3, 0.4) is 0 Å². The first-order valence-corrected chi connectivity index (χ1v) is 14.7. The summed E-state index contributed by atoms with van der Waals surface area (Å²) in [6.45, 7) is 5.80. The summed E-state index contributed by atoms with van der Waals surface area (Å²) in [5.74, 6) is 0.131. The predicted octanol–water partition coefficient (Wildman–Crippen LogP) is 3.76. The van der Waals surface area contributed by atoms with Crippen LogP contribution < -0.4 is 14.2 Å². The van der Waals surface area contributed by atoms with Gasteiger partial charge in [0, 0.05) is 32.0 Å². The van der Waals surface area contributed by atoms with Crippen LogP contribution in [-0.2, 0) is 16.0 Å². The maximum Gasteiger partial charge on any atom is 0.308 e. The summed E-state index contributed by atoms with van der Waals surface area (Å²) in [7, 11) is 5.65. The number of rotatable bonds is 15. The maximum atomic E-state index is 13.7. The molecule has 2 aromatic carbocycles. The number of nitrogens with zero attached hydrogens (tertiary/aromatic N) is 3. The lowest BCUT2D eigenvalue weighted by Gasteiger charge is -2.30. The van der Waals surface area contributed by atoms with E-state index in [0.717, 1.165) is 49.1 Å². The number of carboxylic acid groups (broad SMARTS) is 1. The van der Waals surface area contributed by atoms with Crippen LogP contribution in [-0.4, -0.2) is 105 Å². The molecule has 4 rings (SSSR count). The number of carbonyl (C=O) groups is 2. The van der Waals surface area contributed by atoms with Gasteiger partial charge in [0.25, 0.3) is 0 Å². The fourth-order valence-corrected chi connectivity index (χ4v) is 5.95. The third kappa shape index (κ3) is 7.71. The number of amides is 1. The molecule has 2 aliphatic heterocycles. The Morgan fingerprint density at radius 1 is 1.07 bits per heavy atom. The van der Waals surface area contributed by atoms with Gasteiger partial charge in [-0.1, -0.05) is 37.6 Å². The first-order chi connectivity index (χ1) is 19.8. The molecule has 0 radical (unpaired) electrons. The molecule has 0 aromatic heterocycles. The van der Waals surface area contributed by atoms with Crippen LogP contribution in [0.2, 0.25) is 0 Å². The van der Waals surface area contributed by atoms with E-state index in [4.69, 9.17) is 14.2 Å². The maximum absolute atomic E-state index is 13.7. The smallest absolute Gasteiger partial charge is 0.308 e. The number of carboxylic acids is 1. The van der Waals surface area contributed by atoms with Crippen LogP contribution in [0.25, 0.3) is 0 Å². The van der Waals surface area contributed by atoms with Gasteiger partial charge in [-0.25, -0.2) is 0 Å². The van der Waals surface area contributed by atoms with Gasteiger partial charge in [0.05, 0.1) is 32.2 Å². The Morgan fingerprint density at radius 2 is 1.83 bits per heavy atom. The SMILES string of the molecule is CCCCN(CCCN(C)C)C(=O)CN1C[C@H](c2ccc3c(c2)CCO3)C(C(=O)O)[C@@H]1COc1ccccc1OC. The van der Waals surface area contributed by atoms with Crippen LogP contribution in [0, 0.1) is 5.92 Å². The summed E-state index contributed by atoms with van der Waals surface area (Å²) >= 11 is 0. The van der Waals surface area contributed by atoms with Crippen molar-refractivity contribution in [3.8, 4) is 17.2 Å². The monoisotopic (exact) mass is 567 g/mol. The normalized spacial score (nSPS) is 20.1. The topological polar surface area (TPSA) is 91.8 Å². The van der Waals surface area contributed by atoms with Gasteiger partial charge in [-0.2, -0.15) is 0 Å². The third-order valence-electron chi connectivity index (χ3n) is 8.16. The van der Waals surface area contributed by atoms with E-state index in [0.29, 0.717) is 37.7 Å². The molecule has 1 saturated heterocycles. The van der Waals surface area contributed by atoms with E-state index in [1.807, 2.05) is 60.3 Å². The van der Waals surface area contributed by atoms with E-state index in [1.54, 1.807) is 7.11 Å². The molecule has 224 valence electrons. The molecule has 1 fully saturated rings. The van der Waals surface area contributed by atoms with E-state index in [1.165, 1.54) is 0 Å². The number of benzene rings is 2. The molecule has 0 spiro atoms. The van der Waals surface area contributed by atoms with Crippen molar-refractivity contribution in [3.63, 3.8) is 0 Å². The number of carbonyl (C=O) groups excluding carboxylic acids is 1. The lowest BCUT2D eigenvalue weighted by molar-refractivity contribution is -0.144. The summed E-state index contributed by atoms with van der Waals surface area (Å²) in [4.78, 5) is 32.7. The zero-order chi connectivity index (χ0) is 29.4. The van der Waals surface area contributed by atoms with Crippen molar-refractivity contribution in [2.75, 3.05) is 67.1 Å². The average Bonchev–Trinajstić information content (AvgIpc) is 3.57. The molecule has 2 aliphatic rings. The number of aliphatic carboxylic acids is 1. The standard InChI is InChI=1S/C32H45N3O6/c1-5-6-16-34(17-9-15-33(2)3)30(36)21-35-20-25(23-12-13-27-24(19-23)14-18-40-27)31(32(37)38)26(35)22-41-29-11-8-7-10-28(29)39-4/h7-8,10-13,19,25-26,31H,5-6,9,14-18,20-22H2,1-4H3,(H,37,38)/t25-,26+,31?/m1/s1. The number of para-hydroxylation sites is 2.